The van der Waals surface area contributed by atoms with Crippen LogP contribution in [0.1, 0.15) is 27.2 Å². The van der Waals surface area contributed by atoms with Crippen LogP contribution in [0, 0.1) is 5.41 Å². The molecular formula is C12H20N6. The van der Waals surface area contributed by atoms with Crippen molar-refractivity contribution in [2.45, 2.75) is 27.2 Å². The van der Waals surface area contributed by atoms with Crippen molar-refractivity contribution in [2.24, 2.45) is 5.41 Å². The van der Waals surface area contributed by atoms with E-state index in [1.54, 1.807) is 13.2 Å². The van der Waals surface area contributed by atoms with Gasteiger partial charge >= 0.3 is 0 Å². The Balaban J connectivity index is 2.18. The van der Waals surface area contributed by atoms with Crippen LogP contribution in [0.25, 0.3) is 11.0 Å². The number of nitrogens with one attached hydrogen (secondary N) is 3. The van der Waals surface area contributed by atoms with Crippen LogP contribution in [-0.4, -0.2) is 33.8 Å². The van der Waals surface area contributed by atoms with E-state index in [9.17, 15) is 0 Å². The molecule has 98 valence electrons. The molecule has 6 heteroatoms. The molecule has 0 aliphatic carbocycles. The second-order valence-electron chi connectivity index (χ2n) is 5.52. The highest BCUT2D eigenvalue weighted by Crippen LogP contribution is 2.22. The lowest BCUT2D eigenvalue weighted by atomic mass is 9.92. The van der Waals surface area contributed by atoms with Gasteiger partial charge in [-0.3, -0.25) is 5.10 Å². The van der Waals surface area contributed by atoms with Gasteiger partial charge in [-0.2, -0.15) is 15.1 Å². The molecule has 2 aromatic heterocycles. The maximum Gasteiger partial charge on any atom is 0.226 e. The van der Waals surface area contributed by atoms with Crippen LogP contribution >= 0.6 is 0 Å². The molecular weight excluding hydrogens is 228 g/mol. The zero-order valence-electron chi connectivity index (χ0n) is 11.3. The third kappa shape index (κ3) is 2.88. The summed E-state index contributed by atoms with van der Waals surface area (Å²) in [6.07, 6.45) is 2.82. The van der Waals surface area contributed by atoms with Crippen LogP contribution in [0.5, 0.6) is 0 Å². The molecule has 0 fully saturated rings. The van der Waals surface area contributed by atoms with Crippen molar-refractivity contribution in [1.82, 2.24) is 20.2 Å². The van der Waals surface area contributed by atoms with E-state index in [0.717, 1.165) is 29.8 Å². The Kier molecular flexibility index (Phi) is 3.36. The summed E-state index contributed by atoms with van der Waals surface area (Å²) in [5.41, 5.74) is 1.05. The van der Waals surface area contributed by atoms with Gasteiger partial charge in [-0.15, -0.1) is 0 Å². The van der Waals surface area contributed by atoms with Gasteiger partial charge in [0.05, 0.1) is 11.6 Å². The molecule has 0 radical (unpaired) electrons. The Bertz CT molecular complexity index is 525. The summed E-state index contributed by atoms with van der Waals surface area (Å²) in [4.78, 5) is 8.71. The third-order valence-corrected chi connectivity index (χ3v) is 2.70. The van der Waals surface area contributed by atoms with E-state index in [-0.39, 0.29) is 0 Å². The Labute approximate surface area is 107 Å². The van der Waals surface area contributed by atoms with Crippen LogP contribution in [0.15, 0.2) is 6.20 Å². The molecule has 0 spiro atoms. The molecule has 0 saturated heterocycles. The van der Waals surface area contributed by atoms with E-state index in [0.29, 0.717) is 11.4 Å². The Hall–Kier alpha value is -1.85. The molecule has 0 aliphatic heterocycles. The summed E-state index contributed by atoms with van der Waals surface area (Å²) >= 11 is 0. The number of rotatable bonds is 4. The second-order valence-corrected chi connectivity index (χ2v) is 5.52. The van der Waals surface area contributed by atoms with Crippen molar-refractivity contribution in [3.63, 3.8) is 0 Å². The lowest BCUT2D eigenvalue weighted by Crippen LogP contribution is -2.14. The summed E-state index contributed by atoms with van der Waals surface area (Å²) in [5, 5.41) is 14.1. The number of hydrogen-bond acceptors (Lipinski definition) is 5. The normalized spacial score (nSPS) is 11.8. The van der Waals surface area contributed by atoms with Gasteiger partial charge in [0.2, 0.25) is 5.95 Å². The standard InChI is InChI=1S/C12H20N6/c1-12(2,3)5-6-14-9-8-7-15-18-10(8)17-11(13-4)16-9/h7H,5-6H2,1-4H3,(H3,13,14,15,16,17,18). The maximum atomic E-state index is 4.42. The fourth-order valence-corrected chi connectivity index (χ4v) is 1.64. The first-order valence-corrected chi connectivity index (χ1v) is 6.12. The van der Waals surface area contributed by atoms with E-state index in [2.05, 4.69) is 51.6 Å². The van der Waals surface area contributed by atoms with Crippen molar-refractivity contribution in [2.75, 3.05) is 24.2 Å². The molecule has 3 N–H and O–H groups in total. The summed E-state index contributed by atoms with van der Waals surface area (Å²) < 4.78 is 0. The average Bonchev–Trinajstić information content (AvgIpc) is 2.75. The number of hydrogen-bond donors (Lipinski definition) is 3. The molecule has 0 unspecified atom stereocenters. The summed E-state index contributed by atoms with van der Waals surface area (Å²) in [5.74, 6) is 1.41. The minimum Gasteiger partial charge on any atom is -0.369 e. The first-order valence-electron chi connectivity index (χ1n) is 6.12. The summed E-state index contributed by atoms with van der Waals surface area (Å²) in [6.45, 7) is 7.55. The zero-order valence-corrected chi connectivity index (χ0v) is 11.3. The quantitative estimate of drug-likeness (QED) is 0.773. The highest BCUT2D eigenvalue weighted by molar-refractivity contribution is 5.86. The largest absolute Gasteiger partial charge is 0.369 e. The zero-order chi connectivity index (χ0) is 13.2. The number of nitrogens with zero attached hydrogens (tertiary/aromatic N) is 3. The van der Waals surface area contributed by atoms with E-state index in [1.165, 1.54) is 0 Å². The molecule has 0 aromatic carbocycles. The topological polar surface area (TPSA) is 78.5 Å². The number of aromatic nitrogens is 4. The van der Waals surface area contributed by atoms with Crippen LogP contribution in [0.4, 0.5) is 11.8 Å². The predicted molar refractivity (Wildman–Crippen MR) is 73.8 cm³/mol. The van der Waals surface area contributed by atoms with Crippen molar-refractivity contribution in [3.05, 3.63) is 6.20 Å². The van der Waals surface area contributed by atoms with E-state index in [4.69, 9.17) is 0 Å². The molecule has 0 saturated carbocycles. The van der Waals surface area contributed by atoms with Gasteiger partial charge in [0, 0.05) is 13.6 Å². The lowest BCUT2D eigenvalue weighted by molar-refractivity contribution is 0.389. The van der Waals surface area contributed by atoms with Gasteiger partial charge in [0.25, 0.3) is 0 Å². The number of aromatic amines is 1. The average molecular weight is 248 g/mol. The first-order chi connectivity index (χ1) is 8.49. The van der Waals surface area contributed by atoms with Crippen LogP contribution in [0.3, 0.4) is 0 Å². The van der Waals surface area contributed by atoms with Gasteiger partial charge in [-0.1, -0.05) is 20.8 Å². The SMILES string of the molecule is CNc1nc(NCCC(C)(C)C)c2cn[nH]c2n1. The molecule has 0 aliphatic rings. The van der Waals surface area contributed by atoms with Gasteiger partial charge in [0.15, 0.2) is 5.65 Å². The Morgan fingerprint density at radius 1 is 1.28 bits per heavy atom. The highest BCUT2D eigenvalue weighted by Gasteiger charge is 2.12. The summed E-state index contributed by atoms with van der Waals surface area (Å²) in [6, 6.07) is 0. The van der Waals surface area contributed by atoms with Gasteiger partial charge in [-0.25, -0.2) is 0 Å². The molecule has 18 heavy (non-hydrogen) atoms. The smallest absolute Gasteiger partial charge is 0.226 e. The molecule has 0 bridgehead atoms. The van der Waals surface area contributed by atoms with E-state index < -0.39 is 0 Å². The third-order valence-electron chi connectivity index (χ3n) is 2.70. The number of anilines is 2. The molecule has 0 atom stereocenters. The molecule has 2 rings (SSSR count). The van der Waals surface area contributed by atoms with Crippen LogP contribution < -0.4 is 10.6 Å². The number of H-pyrrole nitrogens is 1. The molecule has 6 nitrogen and oxygen atoms in total. The van der Waals surface area contributed by atoms with Gasteiger partial charge in [-0.05, 0) is 11.8 Å². The highest BCUT2D eigenvalue weighted by atomic mass is 15.2. The van der Waals surface area contributed by atoms with Crippen molar-refractivity contribution < 1.29 is 0 Å². The predicted octanol–water partition coefficient (Wildman–Crippen LogP) is 2.24. The van der Waals surface area contributed by atoms with Crippen molar-refractivity contribution >= 4 is 22.8 Å². The van der Waals surface area contributed by atoms with Gasteiger partial charge in [0.1, 0.15) is 5.82 Å². The Morgan fingerprint density at radius 3 is 2.72 bits per heavy atom. The second kappa shape index (κ2) is 4.80. The Morgan fingerprint density at radius 2 is 2.06 bits per heavy atom. The van der Waals surface area contributed by atoms with Gasteiger partial charge < -0.3 is 10.6 Å². The molecule has 2 aromatic rings. The fraction of sp³-hybridized carbons (Fsp3) is 0.583. The number of fused-ring (bicyclic) bond motifs is 1. The monoisotopic (exact) mass is 248 g/mol. The van der Waals surface area contributed by atoms with E-state index >= 15 is 0 Å². The van der Waals surface area contributed by atoms with Crippen LogP contribution in [0.2, 0.25) is 0 Å². The summed E-state index contributed by atoms with van der Waals surface area (Å²) in [7, 11) is 1.80. The minimum absolute atomic E-state index is 0.307. The van der Waals surface area contributed by atoms with Crippen LogP contribution in [-0.2, 0) is 0 Å². The molecule has 0 amide bonds. The first kappa shape index (κ1) is 12.6. The molecule has 2 heterocycles. The van der Waals surface area contributed by atoms with Crippen molar-refractivity contribution in [3.8, 4) is 0 Å². The van der Waals surface area contributed by atoms with E-state index in [1.807, 2.05) is 0 Å². The van der Waals surface area contributed by atoms with Crippen molar-refractivity contribution in [1.29, 1.82) is 0 Å². The minimum atomic E-state index is 0.307. The fourth-order valence-electron chi connectivity index (χ4n) is 1.64. The maximum absolute atomic E-state index is 4.42. The lowest BCUT2D eigenvalue weighted by Gasteiger charge is -2.18.